The number of hydrogen-bond acceptors (Lipinski definition) is 1. The molecule has 2 nitrogen and oxygen atoms in total. The van der Waals surface area contributed by atoms with E-state index in [1.54, 1.807) is 12.3 Å². The van der Waals surface area contributed by atoms with Crippen LogP contribution in [-0.4, -0.2) is 16.6 Å². The number of nitrogens with one attached hydrogen (secondary N) is 1. The quantitative estimate of drug-likeness (QED) is 0.601. The van der Waals surface area contributed by atoms with E-state index in [2.05, 4.69) is 4.98 Å². The summed E-state index contributed by atoms with van der Waals surface area (Å²) in [6.45, 7) is 0. The topological polar surface area (TPSA) is 32.9 Å². The van der Waals surface area contributed by atoms with E-state index in [9.17, 15) is 9.18 Å². The fraction of sp³-hybridized carbons (Fsp3) is 0.100. The summed E-state index contributed by atoms with van der Waals surface area (Å²) in [5.74, 6) is -0.557. The summed E-state index contributed by atoms with van der Waals surface area (Å²) in [7, 11) is 0. The first kappa shape index (κ1) is 9.21. The molecule has 2 rings (SSSR count). The minimum absolute atomic E-state index is 0.0651. The van der Waals surface area contributed by atoms with Crippen LogP contribution in [0.4, 0.5) is 4.39 Å². The van der Waals surface area contributed by atoms with Crippen molar-refractivity contribution in [3.8, 4) is 0 Å². The van der Waals surface area contributed by atoms with Crippen LogP contribution in [0, 0.1) is 5.82 Å². The Kier molecular flexibility index (Phi) is 2.25. The molecule has 0 saturated heterocycles. The van der Waals surface area contributed by atoms with Gasteiger partial charge in [0.15, 0.2) is 5.78 Å². The SMILES string of the molecule is O=C(CCl)c1c[nH]c2cc(F)ccc12. The van der Waals surface area contributed by atoms with Crippen molar-refractivity contribution in [1.29, 1.82) is 0 Å². The molecule has 0 saturated carbocycles. The monoisotopic (exact) mass is 211 g/mol. The van der Waals surface area contributed by atoms with Crippen molar-refractivity contribution in [2.24, 2.45) is 0 Å². The van der Waals surface area contributed by atoms with E-state index in [-0.39, 0.29) is 17.5 Å². The van der Waals surface area contributed by atoms with Crippen LogP contribution in [0.15, 0.2) is 24.4 Å². The first-order valence-electron chi connectivity index (χ1n) is 4.08. The number of hydrogen-bond donors (Lipinski definition) is 1. The van der Waals surface area contributed by atoms with Gasteiger partial charge in [-0.1, -0.05) is 0 Å². The Labute approximate surface area is 84.7 Å². The van der Waals surface area contributed by atoms with E-state index >= 15 is 0 Å². The molecule has 4 heteroatoms. The van der Waals surface area contributed by atoms with E-state index in [1.807, 2.05) is 0 Å². The van der Waals surface area contributed by atoms with Crippen LogP contribution in [0.2, 0.25) is 0 Å². The highest BCUT2D eigenvalue weighted by Crippen LogP contribution is 2.19. The number of carbonyl (C=O) groups is 1. The zero-order valence-corrected chi connectivity index (χ0v) is 7.94. The Morgan fingerprint density at radius 2 is 2.29 bits per heavy atom. The zero-order valence-electron chi connectivity index (χ0n) is 7.18. The molecule has 1 heterocycles. The lowest BCUT2D eigenvalue weighted by Crippen LogP contribution is -1.98. The fourth-order valence-electron chi connectivity index (χ4n) is 1.40. The third kappa shape index (κ3) is 1.40. The standard InChI is InChI=1S/C10H7ClFNO/c11-4-10(14)8-5-13-9-3-6(12)1-2-7(8)9/h1-3,5,13H,4H2. The van der Waals surface area contributed by atoms with Gasteiger partial charge < -0.3 is 4.98 Å². The van der Waals surface area contributed by atoms with E-state index in [0.29, 0.717) is 16.5 Å². The molecule has 2 aromatic rings. The Bertz CT molecular complexity index is 492. The normalized spacial score (nSPS) is 10.7. The molecule has 0 aliphatic heterocycles. The van der Waals surface area contributed by atoms with Gasteiger partial charge in [0.1, 0.15) is 5.82 Å². The van der Waals surface area contributed by atoms with Gasteiger partial charge in [0.05, 0.1) is 5.88 Å². The molecule has 0 bridgehead atoms. The molecule has 0 aliphatic carbocycles. The number of ketones is 1. The van der Waals surface area contributed by atoms with Crippen molar-refractivity contribution in [2.45, 2.75) is 0 Å². The van der Waals surface area contributed by atoms with Gasteiger partial charge in [-0.2, -0.15) is 0 Å². The zero-order chi connectivity index (χ0) is 10.1. The van der Waals surface area contributed by atoms with E-state index in [0.717, 1.165) is 0 Å². The Morgan fingerprint density at radius 3 is 3.00 bits per heavy atom. The molecule has 1 aromatic carbocycles. The summed E-state index contributed by atoms with van der Waals surface area (Å²) < 4.78 is 12.8. The maximum absolute atomic E-state index is 12.8. The lowest BCUT2D eigenvalue weighted by molar-refractivity contribution is 0.102. The molecule has 1 aromatic heterocycles. The molecule has 0 fully saturated rings. The molecule has 14 heavy (non-hydrogen) atoms. The molecule has 0 spiro atoms. The number of H-pyrrole nitrogens is 1. The van der Waals surface area contributed by atoms with Crippen LogP contribution in [0.25, 0.3) is 10.9 Å². The van der Waals surface area contributed by atoms with E-state index in [1.165, 1.54) is 12.1 Å². The van der Waals surface area contributed by atoms with E-state index in [4.69, 9.17) is 11.6 Å². The Hall–Kier alpha value is -1.35. The van der Waals surface area contributed by atoms with Gasteiger partial charge >= 0.3 is 0 Å². The number of Topliss-reactive ketones (excluding diaryl/α,β-unsaturated/α-hetero) is 1. The van der Waals surface area contributed by atoms with Crippen LogP contribution >= 0.6 is 11.6 Å². The highest BCUT2D eigenvalue weighted by molar-refractivity contribution is 6.31. The number of rotatable bonds is 2. The lowest BCUT2D eigenvalue weighted by Gasteiger charge is -1.94. The Balaban J connectivity index is 2.64. The van der Waals surface area contributed by atoms with Gasteiger partial charge in [-0.25, -0.2) is 4.39 Å². The predicted octanol–water partition coefficient (Wildman–Crippen LogP) is 2.73. The van der Waals surface area contributed by atoms with Crippen LogP contribution in [0.3, 0.4) is 0 Å². The molecule has 72 valence electrons. The molecular formula is C10H7ClFNO. The molecule has 1 N–H and O–H groups in total. The molecule has 0 radical (unpaired) electrons. The van der Waals surface area contributed by atoms with Gasteiger partial charge in [0.2, 0.25) is 0 Å². The Morgan fingerprint density at radius 1 is 1.50 bits per heavy atom. The van der Waals surface area contributed by atoms with Crippen molar-refractivity contribution >= 4 is 28.3 Å². The summed E-state index contributed by atoms with van der Waals surface area (Å²) in [4.78, 5) is 14.2. The van der Waals surface area contributed by atoms with Crippen LogP contribution in [-0.2, 0) is 0 Å². The van der Waals surface area contributed by atoms with Crippen molar-refractivity contribution < 1.29 is 9.18 Å². The lowest BCUT2D eigenvalue weighted by atomic mass is 10.1. The molecule has 0 amide bonds. The number of carbonyl (C=O) groups excluding carboxylic acids is 1. The third-order valence-electron chi connectivity index (χ3n) is 2.07. The minimum atomic E-state index is -0.329. The van der Waals surface area contributed by atoms with Crippen molar-refractivity contribution in [2.75, 3.05) is 5.88 Å². The second-order valence-electron chi connectivity index (χ2n) is 2.95. The average molecular weight is 212 g/mol. The first-order chi connectivity index (χ1) is 6.72. The summed E-state index contributed by atoms with van der Waals surface area (Å²) >= 11 is 5.44. The van der Waals surface area contributed by atoms with Gasteiger partial charge in [-0.15, -0.1) is 11.6 Å². The molecule has 0 atom stereocenters. The third-order valence-corrected chi connectivity index (χ3v) is 2.31. The minimum Gasteiger partial charge on any atom is -0.360 e. The summed E-state index contributed by atoms with van der Waals surface area (Å²) in [5.41, 5.74) is 1.12. The van der Waals surface area contributed by atoms with Crippen LogP contribution in [0.5, 0.6) is 0 Å². The maximum Gasteiger partial charge on any atom is 0.179 e. The van der Waals surface area contributed by atoms with Gasteiger partial charge in [0, 0.05) is 22.7 Å². The van der Waals surface area contributed by atoms with Crippen LogP contribution < -0.4 is 0 Å². The van der Waals surface area contributed by atoms with Crippen molar-refractivity contribution in [3.63, 3.8) is 0 Å². The number of aromatic amines is 1. The van der Waals surface area contributed by atoms with Crippen molar-refractivity contribution in [3.05, 3.63) is 35.8 Å². The maximum atomic E-state index is 12.8. The number of fused-ring (bicyclic) bond motifs is 1. The van der Waals surface area contributed by atoms with E-state index < -0.39 is 0 Å². The first-order valence-corrected chi connectivity index (χ1v) is 4.61. The van der Waals surface area contributed by atoms with Crippen LogP contribution in [0.1, 0.15) is 10.4 Å². The fourth-order valence-corrected chi connectivity index (χ4v) is 1.55. The smallest absolute Gasteiger partial charge is 0.179 e. The molecular weight excluding hydrogens is 205 g/mol. The molecule has 0 aliphatic rings. The number of benzene rings is 1. The summed E-state index contributed by atoms with van der Waals surface area (Å²) in [6, 6.07) is 4.24. The highest BCUT2D eigenvalue weighted by Gasteiger charge is 2.10. The number of aromatic nitrogens is 1. The summed E-state index contributed by atoms with van der Waals surface area (Å²) in [6.07, 6.45) is 1.55. The second kappa shape index (κ2) is 3.42. The second-order valence-corrected chi connectivity index (χ2v) is 3.22. The van der Waals surface area contributed by atoms with Gasteiger partial charge in [0.25, 0.3) is 0 Å². The van der Waals surface area contributed by atoms with Crippen molar-refractivity contribution in [1.82, 2.24) is 4.98 Å². The molecule has 0 unspecified atom stereocenters. The number of halogens is 2. The largest absolute Gasteiger partial charge is 0.360 e. The summed E-state index contributed by atoms with van der Waals surface area (Å²) in [5, 5.41) is 0.706. The van der Waals surface area contributed by atoms with Gasteiger partial charge in [-0.3, -0.25) is 4.79 Å². The highest BCUT2D eigenvalue weighted by atomic mass is 35.5. The average Bonchev–Trinajstić information content (AvgIpc) is 2.59. The number of alkyl halides is 1. The predicted molar refractivity (Wildman–Crippen MR) is 53.3 cm³/mol. The van der Waals surface area contributed by atoms with Gasteiger partial charge in [-0.05, 0) is 18.2 Å².